The molecule has 3 rings (SSSR count). The van der Waals surface area contributed by atoms with Crippen LogP contribution < -0.4 is 5.32 Å². The van der Waals surface area contributed by atoms with Gasteiger partial charge in [-0.1, -0.05) is 15.9 Å². The second-order valence-electron chi connectivity index (χ2n) is 6.95. The lowest BCUT2D eigenvalue weighted by molar-refractivity contribution is -0.157. The number of nitrogens with zero attached hydrogens (tertiary/aromatic N) is 2. The molecule has 0 aliphatic carbocycles. The lowest BCUT2D eigenvalue weighted by Gasteiger charge is -2.16. The summed E-state index contributed by atoms with van der Waals surface area (Å²) < 4.78 is 7.58. The predicted molar refractivity (Wildman–Crippen MR) is 102 cm³/mol. The fourth-order valence-corrected chi connectivity index (χ4v) is 2.64. The number of hydrogen-bond donors (Lipinski definition) is 2. The monoisotopic (exact) mass is 418 g/mol. The highest BCUT2D eigenvalue weighted by Gasteiger charge is 2.23. The molecule has 0 fully saturated rings. The maximum Gasteiger partial charge on any atom is 0.313 e. The number of fused-ring (bicyclic) bond motifs is 1. The van der Waals surface area contributed by atoms with E-state index in [1.165, 1.54) is 10.9 Å². The maximum atomic E-state index is 12.4. The molecule has 0 saturated heterocycles. The van der Waals surface area contributed by atoms with Gasteiger partial charge in [0.15, 0.2) is 6.73 Å². The van der Waals surface area contributed by atoms with Crippen molar-refractivity contribution >= 4 is 44.4 Å². The summed E-state index contributed by atoms with van der Waals surface area (Å²) >= 11 is 3.41. The van der Waals surface area contributed by atoms with Gasteiger partial charge in [0.25, 0.3) is 5.91 Å². The molecule has 2 N–H and O–H groups in total. The van der Waals surface area contributed by atoms with Crippen molar-refractivity contribution in [3.05, 3.63) is 46.8 Å². The summed E-state index contributed by atoms with van der Waals surface area (Å²) in [7, 11) is 0. The largest absolute Gasteiger partial charge is 0.442 e. The zero-order valence-electron chi connectivity index (χ0n) is 14.7. The standard InChI is InChI=1S/C18H19BrN4O3/c1-18(2,3)17(25)26-10-23-9-13(8-20-23)21-16(24)15-7-11-6-12(19)4-5-14(11)22-15/h4-9,22H,10H2,1-3H3,(H,21,24). The third-order valence-corrected chi connectivity index (χ3v) is 4.15. The number of ether oxygens (including phenoxy) is 1. The normalized spacial score (nSPS) is 11.5. The second kappa shape index (κ2) is 6.95. The first-order valence-corrected chi connectivity index (χ1v) is 8.81. The molecule has 1 amide bonds. The van der Waals surface area contributed by atoms with Crippen LogP contribution in [0, 0.1) is 5.41 Å². The Labute approximate surface area is 158 Å². The molecule has 3 aromatic rings. The van der Waals surface area contributed by atoms with Gasteiger partial charge in [-0.2, -0.15) is 5.10 Å². The minimum atomic E-state index is -0.575. The van der Waals surface area contributed by atoms with Crippen molar-refractivity contribution in [1.29, 1.82) is 0 Å². The van der Waals surface area contributed by atoms with Crippen LogP contribution >= 0.6 is 15.9 Å². The van der Waals surface area contributed by atoms with Crippen molar-refractivity contribution in [3.63, 3.8) is 0 Å². The number of rotatable bonds is 4. The van der Waals surface area contributed by atoms with Crippen molar-refractivity contribution in [2.75, 3.05) is 5.32 Å². The molecule has 0 bridgehead atoms. The molecule has 26 heavy (non-hydrogen) atoms. The van der Waals surface area contributed by atoms with Crippen LogP contribution in [-0.4, -0.2) is 26.6 Å². The summed E-state index contributed by atoms with van der Waals surface area (Å²) in [6.45, 7) is 5.33. The Hall–Kier alpha value is -2.61. The van der Waals surface area contributed by atoms with E-state index in [1.807, 2.05) is 18.2 Å². The first-order chi connectivity index (χ1) is 12.2. The number of nitrogens with one attached hydrogen (secondary N) is 2. The van der Waals surface area contributed by atoms with Gasteiger partial charge in [-0.05, 0) is 45.0 Å². The van der Waals surface area contributed by atoms with Gasteiger partial charge in [0.05, 0.1) is 23.5 Å². The van der Waals surface area contributed by atoms with Crippen molar-refractivity contribution in [2.24, 2.45) is 5.41 Å². The molecule has 7 nitrogen and oxygen atoms in total. The number of carbonyl (C=O) groups excluding carboxylic acids is 2. The summed E-state index contributed by atoms with van der Waals surface area (Å²) in [5.41, 5.74) is 1.27. The molecule has 0 spiro atoms. The number of anilines is 1. The van der Waals surface area contributed by atoms with Crippen LogP contribution in [0.1, 0.15) is 31.3 Å². The Morgan fingerprint density at radius 1 is 1.31 bits per heavy atom. The Morgan fingerprint density at radius 3 is 2.81 bits per heavy atom. The third-order valence-electron chi connectivity index (χ3n) is 3.66. The van der Waals surface area contributed by atoms with E-state index in [0.29, 0.717) is 11.4 Å². The number of aromatic amines is 1. The highest BCUT2D eigenvalue weighted by molar-refractivity contribution is 9.10. The predicted octanol–water partition coefficient (Wildman–Crippen LogP) is 3.93. The van der Waals surface area contributed by atoms with Crippen LogP contribution in [0.25, 0.3) is 10.9 Å². The van der Waals surface area contributed by atoms with E-state index in [2.05, 4.69) is 31.3 Å². The van der Waals surface area contributed by atoms with Gasteiger partial charge in [0.2, 0.25) is 0 Å². The molecule has 0 atom stereocenters. The van der Waals surface area contributed by atoms with E-state index in [-0.39, 0.29) is 18.6 Å². The van der Waals surface area contributed by atoms with Crippen LogP contribution in [0.15, 0.2) is 41.1 Å². The number of benzene rings is 1. The topological polar surface area (TPSA) is 89.0 Å². The Balaban J connectivity index is 1.64. The van der Waals surface area contributed by atoms with E-state index in [9.17, 15) is 9.59 Å². The van der Waals surface area contributed by atoms with Gasteiger partial charge in [0, 0.05) is 15.4 Å². The smallest absolute Gasteiger partial charge is 0.313 e. The number of halogens is 1. The van der Waals surface area contributed by atoms with Crippen molar-refractivity contribution in [3.8, 4) is 0 Å². The quantitative estimate of drug-likeness (QED) is 0.628. The van der Waals surface area contributed by atoms with Crippen molar-refractivity contribution in [1.82, 2.24) is 14.8 Å². The van der Waals surface area contributed by atoms with Gasteiger partial charge in [-0.15, -0.1) is 0 Å². The molecule has 1 aromatic carbocycles. The maximum absolute atomic E-state index is 12.4. The summed E-state index contributed by atoms with van der Waals surface area (Å²) in [6.07, 6.45) is 3.11. The summed E-state index contributed by atoms with van der Waals surface area (Å²) in [6, 6.07) is 7.52. The van der Waals surface area contributed by atoms with Crippen LogP contribution in [0.2, 0.25) is 0 Å². The van der Waals surface area contributed by atoms with E-state index >= 15 is 0 Å². The van der Waals surface area contributed by atoms with Gasteiger partial charge in [-0.25, -0.2) is 4.68 Å². The number of hydrogen-bond acceptors (Lipinski definition) is 4. The number of carbonyl (C=O) groups is 2. The molecule has 0 radical (unpaired) electrons. The minimum Gasteiger partial charge on any atom is -0.442 e. The number of esters is 1. The first kappa shape index (κ1) is 18.2. The highest BCUT2D eigenvalue weighted by atomic mass is 79.9. The van der Waals surface area contributed by atoms with Crippen LogP contribution in [0.5, 0.6) is 0 Å². The summed E-state index contributed by atoms with van der Waals surface area (Å²) in [5, 5.41) is 7.79. The van der Waals surface area contributed by atoms with Crippen LogP contribution in [-0.2, 0) is 16.3 Å². The van der Waals surface area contributed by atoms with Crippen molar-refractivity contribution in [2.45, 2.75) is 27.5 Å². The second-order valence-corrected chi connectivity index (χ2v) is 7.86. The number of H-pyrrole nitrogens is 1. The van der Waals surface area contributed by atoms with E-state index < -0.39 is 5.41 Å². The molecule has 2 heterocycles. The summed E-state index contributed by atoms with van der Waals surface area (Å²) in [4.78, 5) is 27.3. The molecule has 2 aromatic heterocycles. The van der Waals surface area contributed by atoms with Crippen LogP contribution in [0.3, 0.4) is 0 Å². The SMILES string of the molecule is CC(C)(C)C(=O)OCn1cc(NC(=O)c2cc3cc(Br)ccc3[nH]2)cn1. The minimum absolute atomic E-state index is 0.00755. The molecular formula is C18H19BrN4O3. The molecule has 0 unspecified atom stereocenters. The average Bonchev–Trinajstić information content (AvgIpc) is 3.17. The molecule has 0 saturated carbocycles. The lowest BCUT2D eigenvalue weighted by Crippen LogP contribution is -2.24. The molecule has 0 aliphatic rings. The zero-order valence-corrected chi connectivity index (χ0v) is 16.3. The highest BCUT2D eigenvalue weighted by Crippen LogP contribution is 2.21. The summed E-state index contributed by atoms with van der Waals surface area (Å²) in [5.74, 6) is -0.591. The average molecular weight is 419 g/mol. The number of aromatic nitrogens is 3. The Morgan fingerprint density at radius 2 is 2.08 bits per heavy atom. The lowest BCUT2D eigenvalue weighted by atomic mass is 9.98. The van der Waals surface area contributed by atoms with E-state index in [4.69, 9.17) is 4.74 Å². The van der Waals surface area contributed by atoms with Crippen molar-refractivity contribution < 1.29 is 14.3 Å². The third kappa shape index (κ3) is 4.13. The van der Waals surface area contributed by atoms with Gasteiger partial charge in [0.1, 0.15) is 5.69 Å². The molecular weight excluding hydrogens is 400 g/mol. The number of amides is 1. The van der Waals surface area contributed by atoms with E-state index in [1.54, 1.807) is 33.0 Å². The van der Waals surface area contributed by atoms with Gasteiger partial charge in [-0.3, -0.25) is 9.59 Å². The van der Waals surface area contributed by atoms with E-state index in [0.717, 1.165) is 15.4 Å². The fraction of sp³-hybridized carbons (Fsp3) is 0.278. The zero-order chi connectivity index (χ0) is 18.9. The van der Waals surface area contributed by atoms with Gasteiger partial charge < -0.3 is 15.0 Å². The van der Waals surface area contributed by atoms with Gasteiger partial charge >= 0.3 is 5.97 Å². The molecule has 136 valence electrons. The Bertz CT molecular complexity index is 968. The first-order valence-electron chi connectivity index (χ1n) is 8.02. The Kier molecular flexibility index (Phi) is 4.86. The molecule has 8 heteroatoms. The molecule has 0 aliphatic heterocycles. The van der Waals surface area contributed by atoms with Crippen LogP contribution in [0.4, 0.5) is 5.69 Å². The fourth-order valence-electron chi connectivity index (χ4n) is 2.26.